The molecule has 1 aromatic rings. The van der Waals surface area contributed by atoms with Crippen LogP contribution in [0.5, 0.6) is 0 Å². The van der Waals surface area contributed by atoms with Crippen LogP contribution in [0.15, 0.2) is 5.16 Å². The Balaban J connectivity index is 2.72. The minimum Gasteiger partial charge on any atom is -0.192 e. The maximum absolute atomic E-state index is 5.57. The summed E-state index contributed by atoms with van der Waals surface area (Å²) in [5.74, 6) is 0.955. The molecule has 66 valence electrons. The fourth-order valence-corrected chi connectivity index (χ4v) is 1.72. The molecule has 0 atom stereocenters. The standard InChI is InChI=1S/C6H7Cl2N3S/c1-2-3-12-6-10-4(7)9-5(8)11-6/h2-3H2,1H3. The first-order valence-corrected chi connectivity index (χ1v) is 5.16. The van der Waals surface area contributed by atoms with Crippen LogP contribution in [0.2, 0.25) is 10.6 Å². The summed E-state index contributed by atoms with van der Waals surface area (Å²) in [4.78, 5) is 11.4. The molecular weight excluding hydrogens is 217 g/mol. The van der Waals surface area contributed by atoms with E-state index in [1.54, 1.807) is 0 Å². The molecule has 0 unspecified atom stereocenters. The van der Waals surface area contributed by atoms with Crippen molar-refractivity contribution in [3.05, 3.63) is 10.6 Å². The Hall–Kier alpha value is -0.0600. The second-order valence-electron chi connectivity index (χ2n) is 2.00. The van der Waals surface area contributed by atoms with Crippen LogP contribution in [-0.4, -0.2) is 20.7 Å². The van der Waals surface area contributed by atoms with Crippen LogP contribution in [0.1, 0.15) is 13.3 Å². The van der Waals surface area contributed by atoms with Gasteiger partial charge in [0, 0.05) is 5.75 Å². The van der Waals surface area contributed by atoms with E-state index >= 15 is 0 Å². The molecule has 0 N–H and O–H groups in total. The van der Waals surface area contributed by atoms with Gasteiger partial charge in [-0.1, -0.05) is 18.7 Å². The van der Waals surface area contributed by atoms with Crippen molar-refractivity contribution in [1.29, 1.82) is 0 Å². The van der Waals surface area contributed by atoms with Gasteiger partial charge < -0.3 is 0 Å². The smallest absolute Gasteiger partial charge is 0.192 e. The van der Waals surface area contributed by atoms with Gasteiger partial charge in [-0.3, -0.25) is 0 Å². The molecule has 1 heterocycles. The molecule has 0 aliphatic rings. The number of nitrogens with zero attached hydrogens (tertiary/aromatic N) is 3. The van der Waals surface area contributed by atoms with Crippen molar-refractivity contribution in [2.75, 3.05) is 5.75 Å². The molecule has 1 rings (SSSR count). The van der Waals surface area contributed by atoms with E-state index in [9.17, 15) is 0 Å². The van der Waals surface area contributed by atoms with Crippen LogP contribution in [0, 0.1) is 0 Å². The van der Waals surface area contributed by atoms with Crippen molar-refractivity contribution >= 4 is 35.0 Å². The molecule has 0 saturated carbocycles. The molecule has 0 spiro atoms. The Kier molecular flexibility index (Phi) is 4.05. The van der Waals surface area contributed by atoms with Gasteiger partial charge in [0.05, 0.1) is 0 Å². The highest BCUT2D eigenvalue weighted by atomic mass is 35.5. The van der Waals surface area contributed by atoms with Gasteiger partial charge in [-0.2, -0.15) is 15.0 Å². The van der Waals surface area contributed by atoms with Crippen molar-refractivity contribution in [3.8, 4) is 0 Å². The number of hydrogen-bond donors (Lipinski definition) is 0. The van der Waals surface area contributed by atoms with Crippen molar-refractivity contribution in [2.24, 2.45) is 0 Å². The number of rotatable bonds is 3. The van der Waals surface area contributed by atoms with Crippen molar-refractivity contribution in [2.45, 2.75) is 18.5 Å². The average Bonchev–Trinajstić information content (AvgIpc) is 1.99. The maximum atomic E-state index is 5.57. The van der Waals surface area contributed by atoms with E-state index in [2.05, 4.69) is 21.9 Å². The van der Waals surface area contributed by atoms with Crippen LogP contribution in [0.25, 0.3) is 0 Å². The Labute approximate surface area is 84.9 Å². The molecule has 0 radical (unpaired) electrons. The average molecular weight is 224 g/mol. The largest absolute Gasteiger partial charge is 0.227 e. The van der Waals surface area contributed by atoms with Gasteiger partial charge in [0.25, 0.3) is 0 Å². The van der Waals surface area contributed by atoms with E-state index in [1.165, 1.54) is 11.8 Å². The predicted octanol–water partition coefficient (Wildman–Crippen LogP) is 2.68. The van der Waals surface area contributed by atoms with E-state index in [4.69, 9.17) is 23.2 Å². The summed E-state index contributed by atoms with van der Waals surface area (Å²) in [5, 5.41) is 0.879. The summed E-state index contributed by atoms with van der Waals surface area (Å²) in [6, 6.07) is 0. The zero-order chi connectivity index (χ0) is 8.97. The van der Waals surface area contributed by atoms with Crippen molar-refractivity contribution in [1.82, 2.24) is 15.0 Å². The van der Waals surface area contributed by atoms with Crippen LogP contribution in [0.3, 0.4) is 0 Å². The minimum absolute atomic E-state index is 0.147. The second kappa shape index (κ2) is 4.84. The third-order valence-corrected chi connectivity index (χ3v) is 2.39. The number of thioether (sulfide) groups is 1. The number of hydrogen-bond acceptors (Lipinski definition) is 4. The molecule has 0 aromatic carbocycles. The van der Waals surface area contributed by atoms with E-state index < -0.39 is 0 Å². The van der Waals surface area contributed by atoms with Crippen molar-refractivity contribution in [3.63, 3.8) is 0 Å². The second-order valence-corrected chi connectivity index (χ2v) is 3.74. The maximum Gasteiger partial charge on any atom is 0.227 e. The molecule has 0 fully saturated rings. The Morgan fingerprint density at radius 3 is 2.25 bits per heavy atom. The lowest BCUT2D eigenvalue weighted by Gasteiger charge is -1.97. The minimum atomic E-state index is 0.147. The Bertz CT molecular complexity index is 249. The zero-order valence-electron chi connectivity index (χ0n) is 6.42. The molecule has 0 aliphatic carbocycles. The molecule has 0 amide bonds. The van der Waals surface area contributed by atoms with Gasteiger partial charge in [0.15, 0.2) is 5.16 Å². The van der Waals surface area contributed by atoms with Gasteiger partial charge >= 0.3 is 0 Å². The van der Waals surface area contributed by atoms with Gasteiger partial charge in [0.2, 0.25) is 10.6 Å². The molecule has 6 heteroatoms. The van der Waals surface area contributed by atoms with Gasteiger partial charge in [0.1, 0.15) is 0 Å². The fraction of sp³-hybridized carbons (Fsp3) is 0.500. The van der Waals surface area contributed by atoms with Crippen LogP contribution in [-0.2, 0) is 0 Å². The first-order chi connectivity index (χ1) is 5.72. The lowest BCUT2D eigenvalue weighted by atomic mass is 10.6. The number of aromatic nitrogens is 3. The summed E-state index contributed by atoms with van der Waals surface area (Å²) in [6.07, 6.45) is 1.06. The molecule has 0 aliphatic heterocycles. The quantitative estimate of drug-likeness (QED) is 0.740. The molecule has 0 saturated heterocycles. The van der Waals surface area contributed by atoms with Crippen LogP contribution >= 0.6 is 35.0 Å². The molecule has 0 bridgehead atoms. The first-order valence-electron chi connectivity index (χ1n) is 3.42. The SMILES string of the molecule is CCCSc1nc(Cl)nc(Cl)n1. The summed E-state index contributed by atoms with van der Waals surface area (Å²) in [5.41, 5.74) is 0. The van der Waals surface area contributed by atoms with Gasteiger partial charge in [-0.05, 0) is 29.6 Å². The third-order valence-electron chi connectivity index (χ3n) is 0.996. The van der Waals surface area contributed by atoms with Gasteiger partial charge in [-0.25, -0.2) is 0 Å². The lowest BCUT2D eigenvalue weighted by molar-refractivity contribution is 0.901. The normalized spacial score (nSPS) is 10.2. The van der Waals surface area contributed by atoms with Gasteiger partial charge in [-0.15, -0.1) is 0 Å². The lowest BCUT2D eigenvalue weighted by Crippen LogP contribution is -1.92. The summed E-state index contributed by atoms with van der Waals surface area (Å²) < 4.78 is 0. The van der Waals surface area contributed by atoms with Crippen molar-refractivity contribution < 1.29 is 0 Å². The van der Waals surface area contributed by atoms with E-state index in [0.717, 1.165) is 12.2 Å². The van der Waals surface area contributed by atoms with Crippen LogP contribution in [0.4, 0.5) is 0 Å². The monoisotopic (exact) mass is 223 g/mol. The third kappa shape index (κ3) is 3.13. The molecular formula is C6H7Cl2N3S. The fourth-order valence-electron chi connectivity index (χ4n) is 0.567. The Morgan fingerprint density at radius 1 is 1.17 bits per heavy atom. The zero-order valence-corrected chi connectivity index (χ0v) is 8.75. The molecule has 12 heavy (non-hydrogen) atoms. The van der Waals surface area contributed by atoms with E-state index in [0.29, 0.717) is 5.16 Å². The topological polar surface area (TPSA) is 38.7 Å². The predicted molar refractivity (Wildman–Crippen MR) is 50.9 cm³/mol. The Morgan fingerprint density at radius 2 is 1.75 bits per heavy atom. The van der Waals surface area contributed by atoms with E-state index in [1.807, 2.05) is 0 Å². The summed E-state index contributed by atoms with van der Waals surface area (Å²) in [6.45, 7) is 2.08. The molecule has 3 nitrogen and oxygen atoms in total. The van der Waals surface area contributed by atoms with Crippen LogP contribution < -0.4 is 0 Å². The molecule has 1 aromatic heterocycles. The first kappa shape index (κ1) is 10.0. The highest BCUT2D eigenvalue weighted by Crippen LogP contribution is 2.16. The van der Waals surface area contributed by atoms with E-state index in [-0.39, 0.29) is 10.6 Å². The highest BCUT2D eigenvalue weighted by Gasteiger charge is 2.02. The summed E-state index contributed by atoms with van der Waals surface area (Å²) in [7, 11) is 0. The highest BCUT2D eigenvalue weighted by molar-refractivity contribution is 7.99. The number of halogens is 2. The summed E-state index contributed by atoms with van der Waals surface area (Å²) >= 11 is 12.7.